The third kappa shape index (κ3) is 5.82. The Kier molecular flexibility index (Phi) is 5.86. The van der Waals surface area contributed by atoms with E-state index in [-0.39, 0.29) is 30.2 Å². The van der Waals surface area contributed by atoms with Gasteiger partial charge < -0.3 is 16.4 Å². The van der Waals surface area contributed by atoms with E-state index in [2.05, 4.69) is 20.8 Å². The van der Waals surface area contributed by atoms with E-state index in [1.54, 1.807) is 0 Å². The maximum atomic E-state index is 11.4. The number of hydrogen-bond acceptors (Lipinski definition) is 7. The molecule has 1 heterocycles. The van der Waals surface area contributed by atoms with Gasteiger partial charge >= 0.3 is 0 Å². The van der Waals surface area contributed by atoms with E-state index >= 15 is 0 Å². The first-order valence-corrected chi connectivity index (χ1v) is 7.05. The van der Waals surface area contributed by atoms with Crippen LogP contribution in [0.25, 0.3) is 0 Å². The average molecular weight is 289 g/mol. The Balaban J connectivity index is 2.20. The molecule has 0 saturated heterocycles. The van der Waals surface area contributed by atoms with Gasteiger partial charge in [-0.3, -0.25) is 9.59 Å². The smallest absolute Gasteiger partial charge is 0.239 e. The Morgan fingerprint density at radius 2 is 2.11 bits per heavy atom. The van der Waals surface area contributed by atoms with Crippen LogP contribution in [0, 0.1) is 0 Å². The van der Waals surface area contributed by atoms with Crippen molar-refractivity contribution in [2.75, 3.05) is 18.0 Å². The molecule has 18 heavy (non-hydrogen) atoms. The molecule has 4 N–H and O–H groups in total. The summed E-state index contributed by atoms with van der Waals surface area (Å²) in [6, 6.07) is 0.0631. The van der Waals surface area contributed by atoms with Gasteiger partial charge in [-0.05, 0) is 13.8 Å². The molecule has 7 nitrogen and oxygen atoms in total. The lowest BCUT2D eigenvalue weighted by atomic mass is 10.4. The van der Waals surface area contributed by atoms with Crippen molar-refractivity contribution in [3.63, 3.8) is 0 Å². The average Bonchev–Trinajstić information content (AvgIpc) is 2.69. The lowest BCUT2D eigenvalue weighted by molar-refractivity contribution is -0.125. The number of thioether (sulfide) groups is 1. The molecule has 0 atom stereocenters. The van der Waals surface area contributed by atoms with Crippen molar-refractivity contribution in [3.05, 3.63) is 0 Å². The molecule has 0 saturated carbocycles. The minimum absolute atomic E-state index is 0.0180. The summed E-state index contributed by atoms with van der Waals surface area (Å²) < 4.78 is 0.634. The molecule has 1 aromatic heterocycles. The first-order chi connectivity index (χ1) is 8.47. The van der Waals surface area contributed by atoms with E-state index in [4.69, 9.17) is 5.73 Å². The van der Waals surface area contributed by atoms with Crippen LogP contribution in [0.1, 0.15) is 13.8 Å². The van der Waals surface area contributed by atoms with E-state index in [0.29, 0.717) is 9.47 Å². The molecule has 2 amide bonds. The summed E-state index contributed by atoms with van der Waals surface area (Å²) in [5.41, 5.74) is 5.41. The minimum atomic E-state index is -0.229. The Labute approximate surface area is 113 Å². The number of anilines is 1. The van der Waals surface area contributed by atoms with E-state index in [0.717, 1.165) is 0 Å². The monoisotopic (exact) mass is 289 g/mol. The molecule has 0 aliphatic rings. The Hall–Kier alpha value is -1.35. The zero-order valence-electron chi connectivity index (χ0n) is 10.1. The summed E-state index contributed by atoms with van der Waals surface area (Å²) >= 11 is 2.46. The summed E-state index contributed by atoms with van der Waals surface area (Å²) in [5, 5.41) is 13.0. The molecule has 1 rings (SSSR count). The van der Waals surface area contributed by atoms with Crippen molar-refractivity contribution < 1.29 is 9.59 Å². The molecular formula is C9H15N5O2S2. The van der Waals surface area contributed by atoms with Gasteiger partial charge in [0.05, 0.1) is 12.3 Å². The van der Waals surface area contributed by atoms with Crippen LogP contribution in [-0.4, -0.2) is 40.4 Å². The molecule has 100 valence electrons. The number of rotatable bonds is 6. The van der Waals surface area contributed by atoms with Crippen molar-refractivity contribution >= 4 is 40.0 Å². The third-order valence-electron chi connectivity index (χ3n) is 1.64. The lowest BCUT2D eigenvalue weighted by Crippen LogP contribution is -2.40. The van der Waals surface area contributed by atoms with Gasteiger partial charge in [-0.25, -0.2) is 0 Å². The minimum Gasteiger partial charge on any atom is -0.374 e. The molecular weight excluding hydrogens is 274 g/mol. The van der Waals surface area contributed by atoms with E-state index < -0.39 is 0 Å². The molecule has 0 spiro atoms. The highest BCUT2D eigenvalue weighted by molar-refractivity contribution is 8.01. The van der Waals surface area contributed by atoms with Crippen LogP contribution in [-0.2, 0) is 9.59 Å². The Bertz CT molecular complexity index is 421. The van der Waals surface area contributed by atoms with Gasteiger partial charge in [0, 0.05) is 6.04 Å². The molecule has 1 aromatic rings. The van der Waals surface area contributed by atoms with Crippen molar-refractivity contribution in [1.29, 1.82) is 0 Å². The van der Waals surface area contributed by atoms with Crippen LogP contribution in [0.5, 0.6) is 0 Å². The number of hydrogen-bond donors (Lipinski definition) is 3. The Morgan fingerprint density at radius 3 is 2.67 bits per heavy atom. The summed E-state index contributed by atoms with van der Waals surface area (Å²) in [6.07, 6.45) is 0. The summed E-state index contributed by atoms with van der Waals surface area (Å²) in [4.78, 5) is 22.7. The van der Waals surface area contributed by atoms with Crippen LogP contribution in [0.4, 0.5) is 5.13 Å². The van der Waals surface area contributed by atoms with Crippen LogP contribution in [0.3, 0.4) is 0 Å². The third-order valence-corrected chi connectivity index (χ3v) is 3.53. The molecule has 0 aromatic carbocycles. The number of nitrogens with one attached hydrogen (secondary N) is 2. The van der Waals surface area contributed by atoms with E-state index in [9.17, 15) is 9.59 Å². The second-order valence-electron chi connectivity index (χ2n) is 3.69. The van der Waals surface area contributed by atoms with Crippen LogP contribution < -0.4 is 16.4 Å². The molecule has 0 aliphatic heterocycles. The zero-order valence-corrected chi connectivity index (χ0v) is 11.7. The maximum Gasteiger partial charge on any atom is 0.239 e. The summed E-state index contributed by atoms with van der Waals surface area (Å²) in [5.74, 6) is -0.250. The number of carbonyl (C=O) groups is 2. The fraction of sp³-hybridized carbons (Fsp3) is 0.556. The fourth-order valence-electron chi connectivity index (χ4n) is 1.01. The van der Waals surface area contributed by atoms with Crippen LogP contribution in [0.15, 0.2) is 4.34 Å². The molecule has 9 heteroatoms. The van der Waals surface area contributed by atoms with Gasteiger partial charge in [0.15, 0.2) is 4.34 Å². The number of aromatic nitrogens is 2. The molecule has 0 aliphatic carbocycles. The molecule has 0 bridgehead atoms. The predicted octanol–water partition coefficient (Wildman–Crippen LogP) is -0.147. The molecule has 0 radical (unpaired) electrons. The van der Waals surface area contributed by atoms with Gasteiger partial charge in [-0.2, -0.15) is 0 Å². The second kappa shape index (κ2) is 7.17. The number of amides is 2. The number of nitrogens with zero attached hydrogens (tertiary/aromatic N) is 2. The normalized spacial score (nSPS) is 10.4. The zero-order chi connectivity index (χ0) is 13.5. The fourth-order valence-corrected chi connectivity index (χ4v) is 2.47. The van der Waals surface area contributed by atoms with E-state index in [1.807, 2.05) is 13.8 Å². The standard InChI is InChI=1S/C9H15N5O2S2/c1-5(2)12-6(15)3-11-7(16)4-17-9-14-13-8(10)18-9/h5H,3-4H2,1-2H3,(H2,10,13)(H,11,16)(H,12,15). The topological polar surface area (TPSA) is 110 Å². The predicted molar refractivity (Wildman–Crippen MR) is 71.3 cm³/mol. The highest BCUT2D eigenvalue weighted by Gasteiger charge is 2.08. The van der Waals surface area contributed by atoms with Gasteiger partial charge in [-0.1, -0.05) is 23.1 Å². The van der Waals surface area contributed by atoms with Crippen molar-refractivity contribution in [2.45, 2.75) is 24.2 Å². The number of nitrogens with two attached hydrogens (primary N) is 1. The summed E-state index contributed by atoms with van der Waals surface area (Å²) in [7, 11) is 0. The van der Waals surface area contributed by atoms with Gasteiger partial charge in [0.2, 0.25) is 16.9 Å². The quantitative estimate of drug-likeness (QED) is 0.628. The first-order valence-electron chi connectivity index (χ1n) is 5.25. The van der Waals surface area contributed by atoms with E-state index in [1.165, 1.54) is 23.1 Å². The SMILES string of the molecule is CC(C)NC(=O)CNC(=O)CSc1nnc(N)s1. The first kappa shape index (κ1) is 14.7. The van der Waals surface area contributed by atoms with Crippen LogP contribution >= 0.6 is 23.1 Å². The largest absolute Gasteiger partial charge is 0.374 e. The highest BCUT2D eigenvalue weighted by Crippen LogP contribution is 2.22. The van der Waals surface area contributed by atoms with Crippen LogP contribution in [0.2, 0.25) is 0 Å². The number of nitrogen functional groups attached to an aromatic ring is 1. The molecule has 0 unspecified atom stereocenters. The van der Waals surface area contributed by atoms with Crippen molar-refractivity contribution in [2.24, 2.45) is 0 Å². The lowest BCUT2D eigenvalue weighted by Gasteiger charge is -2.08. The maximum absolute atomic E-state index is 11.4. The second-order valence-corrected chi connectivity index (χ2v) is 5.93. The van der Waals surface area contributed by atoms with Crippen molar-refractivity contribution in [3.8, 4) is 0 Å². The van der Waals surface area contributed by atoms with Crippen molar-refractivity contribution in [1.82, 2.24) is 20.8 Å². The van der Waals surface area contributed by atoms with Gasteiger partial charge in [0.1, 0.15) is 0 Å². The van der Waals surface area contributed by atoms with Gasteiger partial charge in [0.25, 0.3) is 0 Å². The number of carbonyl (C=O) groups excluding carboxylic acids is 2. The molecule has 0 fully saturated rings. The Morgan fingerprint density at radius 1 is 1.39 bits per heavy atom. The van der Waals surface area contributed by atoms with Gasteiger partial charge in [-0.15, -0.1) is 10.2 Å². The summed E-state index contributed by atoms with van der Waals surface area (Å²) in [6.45, 7) is 3.70. The highest BCUT2D eigenvalue weighted by atomic mass is 32.2.